The average Bonchev–Trinajstić information content (AvgIpc) is 3.52. The maximum absolute atomic E-state index is 12.5. The Hall–Kier alpha value is -4.31. The minimum atomic E-state index is -3.96. The molecule has 1 N–H and O–H groups in total. The summed E-state index contributed by atoms with van der Waals surface area (Å²) in [5, 5.41) is 0.979. The van der Waals surface area contributed by atoms with Gasteiger partial charge in [-0.25, -0.2) is 14.0 Å². The van der Waals surface area contributed by atoms with E-state index >= 15 is 0 Å². The van der Waals surface area contributed by atoms with Crippen molar-refractivity contribution >= 4 is 45.0 Å². The average molecular weight is 634 g/mol. The van der Waals surface area contributed by atoms with Crippen molar-refractivity contribution in [3.63, 3.8) is 0 Å². The van der Waals surface area contributed by atoms with Crippen molar-refractivity contribution in [1.29, 1.82) is 0 Å². The van der Waals surface area contributed by atoms with Gasteiger partial charge in [-0.1, -0.05) is 65.7 Å². The van der Waals surface area contributed by atoms with Gasteiger partial charge < -0.3 is 9.30 Å². The smallest absolute Gasteiger partial charge is 0.326 e. The fraction of sp³-hybridized carbons (Fsp3) is 0.125. The second-order valence-electron chi connectivity index (χ2n) is 9.93. The number of halogens is 2. The number of rotatable bonds is 8. The van der Waals surface area contributed by atoms with Crippen LogP contribution in [-0.2, 0) is 21.4 Å². The molecule has 0 aliphatic carbocycles. The summed E-state index contributed by atoms with van der Waals surface area (Å²) in [5.41, 5.74) is 5.53. The summed E-state index contributed by atoms with van der Waals surface area (Å²) in [6, 6.07) is 28.4. The van der Waals surface area contributed by atoms with E-state index in [0.29, 0.717) is 51.5 Å². The predicted octanol–water partition coefficient (Wildman–Crippen LogP) is 6.68. The van der Waals surface area contributed by atoms with E-state index in [4.69, 9.17) is 32.9 Å². The number of carbonyl (C=O) groups excluding carboxylic acids is 1. The Labute approximate surface area is 259 Å². The molecule has 11 heteroatoms. The highest BCUT2D eigenvalue weighted by Crippen LogP contribution is 2.33. The number of anilines is 1. The molecule has 0 unspecified atom stereocenters. The van der Waals surface area contributed by atoms with E-state index in [1.54, 1.807) is 30.3 Å². The predicted molar refractivity (Wildman–Crippen MR) is 169 cm³/mol. The minimum absolute atomic E-state index is 0.284. The third kappa shape index (κ3) is 6.10. The molecule has 0 atom stereocenters. The molecule has 2 heterocycles. The molecule has 43 heavy (non-hydrogen) atoms. The Balaban J connectivity index is 1.37. The number of hydrogen-bond acceptors (Lipinski definition) is 5. The Morgan fingerprint density at radius 1 is 0.907 bits per heavy atom. The van der Waals surface area contributed by atoms with Gasteiger partial charge >= 0.3 is 10.2 Å². The molecule has 1 aromatic heterocycles. The first-order valence-corrected chi connectivity index (χ1v) is 15.7. The van der Waals surface area contributed by atoms with E-state index in [1.165, 1.54) is 0 Å². The molecule has 0 spiro atoms. The van der Waals surface area contributed by atoms with Crippen LogP contribution < -0.4 is 13.8 Å². The van der Waals surface area contributed by atoms with E-state index in [-0.39, 0.29) is 6.54 Å². The van der Waals surface area contributed by atoms with Crippen molar-refractivity contribution < 1.29 is 17.9 Å². The Bertz CT molecular complexity index is 1940. The number of carbonyl (C=O) groups is 1. The highest BCUT2D eigenvalue weighted by Gasteiger charge is 2.34. The lowest BCUT2D eigenvalue weighted by molar-refractivity contribution is -0.117. The number of imidazole rings is 1. The Morgan fingerprint density at radius 2 is 1.67 bits per heavy atom. The minimum Gasteiger partial charge on any atom is -0.494 e. The number of hydrogen-bond donors (Lipinski definition) is 1. The Kier molecular flexibility index (Phi) is 7.87. The van der Waals surface area contributed by atoms with Gasteiger partial charge in [0.25, 0.3) is 5.91 Å². The van der Waals surface area contributed by atoms with Crippen LogP contribution in [0, 0.1) is 0 Å². The van der Waals surface area contributed by atoms with Crippen LogP contribution in [0.1, 0.15) is 18.3 Å². The molecule has 0 saturated carbocycles. The summed E-state index contributed by atoms with van der Waals surface area (Å²) in [6.45, 7) is 2.28. The number of nitrogens with one attached hydrogen (secondary N) is 1. The molecular weight excluding hydrogens is 607 g/mol. The van der Waals surface area contributed by atoms with Gasteiger partial charge in [0.05, 0.1) is 23.0 Å². The highest BCUT2D eigenvalue weighted by atomic mass is 35.5. The molecular formula is C32H26Cl2N4O4S. The summed E-state index contributed by atoms with van der Waals surface area (Å²) in [4.78, 5) is 16.8. The number of amides is 1. The summed E-state index contributed by atoms with van der Waals surface area (Å²) in [5.74, 6) is 0.952. The van der Waals surface area contributed by atoms with Gasteiger partial charge in [-0.3, -0.25) is 4.79 Å². The van der Waals surface area contributed by atoms with Crippen molar-refractivity contribution in [3.05, 3.63) is 119 Å². The van der Waals surface area contributed by atoms with E-state index in [0.717, 1.165) is 26.7 Å². The zero-order valence-corrected chi connectivity index (χ0v) is 25.3. The number of aromatic nitrogens is 2. The molecule has 6 rings (SSSR count). The highest BCUT2D eigenvalue weighted by molar-refractivity contribution is 7.92. The molecule has 8 nitrogen and oxygen atoms in total. The molecule has 218 valence electrons. The monoisotopic (exact) mass is 632 g/mol. The Morgan fingerprint density at radius 3 is 2.40 bits per heavy atom. The molecule has 0 bridgehead atoms. The lowest BCUT2D eigenvalue weighted by atomic mass is 10.0. The van der Waals surface area contributed by atoms with Crippen molar-refractivity contribution in [2.75, 3.05) is 17.5 Å². The SMILES string of the molecule is CCOc1cccc(-c2ccc(Cc3nc(-c4ccc(Cl)cc4Cl)cn3-c3cccc(N4CC(=O)NS4(=O)=O)c3)cc2)c1. The number of nitrogens with zero attached hydrogens (tertiary/aromatic N) is 3. The van der Waals surface area contributed by atoms with E-state index in [1.807, 2.05) is 58.8 Å². The van der Waals surface area contributed by atoms with Crippen LogP contribution in [0.15, 0.2) is 97.2 Å². The van der Waals surface area contributed by atoms with Crippen LogP contribution in [0.25, 0.3) is 28.1 Å². The van der Waals surface area contributed by atoms with Crippen LogP contribution in [0.3, 0.4) is 0 Å². The maximum atomic E-state index is 12.5. The second kappa shape index (κ2) is 11.8. The summed E-state index contributed by atoms with van der Waals surface area (Å²) in [6.07, 6.45) is 2.34. The fourth-order valence-electron chi connectivity index (χ4n) is 5.00. The maximum Gasteiger partial charge on any atom is 0.326 e. The van der Waals surface area contributed by atoms with Crippen LogP contribution in [0.2, 0.25) is 10.0 Å². The van der Waals surface area contributed by atoms with Crippen LogP contribution in [0.5, 0.6) is 5.75 Å². The van der Waals surface area contributed by atoms with E-state index in [9.17, 15) is 13.2 Å². The van der Waals surface area contributed by atoms with Crippen LogP contribution in [-0.4, -0.2) is 37.0 Å². The van der Waals surface area contributed by atoms with E-state index in [2.05, 4.69) is 24.3 Å². The summed E-state index contributed by atoms with van der Waals surface area (Å²) >= 11 is 12.7. The molecule has 1 aliphatic heterocycles. The van der Waals surface area contributed by atoms with Gasteiger partial charge in [0.1, 0.15) is 18.1 Å². The van der Waals surface area contributed by atoms with Gasteiger partial charge in [-0.15, -0.1) is 0 Å². The molecule has 4 aromatic carbocycles. The number of ether oxygens (including phenoxy) is 1. The third-order valence-electron chi connectivity index (χ3n) is 7.00. The van der Waals surface area contributed by atoms with Gasteiger partial charge in [-0.2, -0.15) is 8.42 Å². The first kappa shape index (κ1) is 28.8. The normalized spacial score (nSPS) is 14.1. The largest absolute Gasteiger partial charge is 0.494 e. The standard InChI is InChI=1S/C32H26Cl2N4O4S/c1-2-42-27-8-3-5-23(16-27)22-11-9-21(10-12-22)15-31-35-30(28-14-13-24(33)17-29(28)34)19-37(31)25-6-4-7-26(18-25)38-20-32(39)36-43(38,40)41/h3-14,16-19H,2,15,20H2,1H3,(H,36,39). The topological polar surface area (TPSA) is 93.5 Å². The molecule has 1 aliphatic rings. The van der Waals surface area contributed by atoms with Gasteiger partial charge in [0.2, 0.25) is 0 Å². The zero-order chi connectivity index (χ0) is 30.1. The van der Waals surface area contributed by atoms with E-state index < -0.39 is 16.1 Å². The zero-order valence-electron chi connectivity index (χ0n) is 23.0. The quantitative estimate of drug-likeness (QED) is 0.206. The lowest BCUT2D eigenvalue weighted by Crippen LogP contribution is -2.29. The number of benzene rings is 4. The van der Waals surface area contributed by atoms with Crippen LogP contribution in [0.4, 0.5) is 5.69 Å². The molecule has 1 fully saturated rings. The molecule has 1 amide bonds. The van der Waals surface area contributed by atoms with Crippen molar-refractivity contribution in [2.45, 2.75) is 13.3 Å². The van der Waals surface area contributed by atoms with Crippen molar-refractivity contribution in [1.82, 2.24) is 14.3 Å². The summed E-state index contributed by atoms with van der Waals surface area (Å²) in [7, 11) is -3.96. The van der Waals surface area contributed by atoms with Crippen LogP contribution >= 0.6 is 23.2 Å². The lowest BCUT2D eigenvalue weighted by Gasteiger charge is -2.16. The fourth-order valence-corrected chi connectivity index (χ4v) is 6.64. The third-order valence-corrected chi connectivity index (χ3v) is 8.95. The molecule has 5 aromatic rings. The van der Waals surface area contributed by atoms with Crippen molar-refractivity contribution in [3.8, 4) is 33.8 Å². The van der Waals surface area contributed by atoms with Gasteiger partial charge in [0.15, 0.2) is 0 Å². The molecule has 0 radical (unpaired) electrons. The summed E-state index contributed by atoms with van der Waals surface area (Å²) < 4.78 is 35.6. The first-order chi connectivity index (χ1) is 20.7. The van der Waals surface area contributed by atoms with Crippen molar-refractivity contribution in [2.24, 2.45) is 0 Å². The first-order valence-electron chi connectivity index (χ1n) is 13.5. The molecule has 1 saturated heterocycles. The second-order valence-corrected chi connectivity index (χ2v) is 12.4. The van der Waals surface area contributed by atoms with Gasteiger partial charge in [0, 0.05) is 28.9 Å². The van der Waals surface area contributed by atoms with Gasteiger partial charge in [-0.05, 0) is 72.1 Å².